The number of nitrogens with one attached hydrogen (secondary N) is 1. The van der Waals surface area contributed by atoms with E-state index in [-0.39, 0.29) is 11.7 Å². The molecule has 2 aromatic carbocycles. The van der Waals surface area contributed by atoms with Crippen LogP contribution in [0.15, 0.2) is 53.0 Å². The fourth-order valence-corrected chi connectivity index (χ4v) is 2.11. The highest BCUT2D eigenvalue weighted by Crippen LogP contribution is 2.21. The van der Waals surface area contributed by atoms with Crippen LogP contribution in [0.1, 0.15) is 10.4 Å². The van der Waals surface area contributed by atoms with Gasteiger partial charge in [-0.25, -0.2) is 0 Å². The molecule has 1 amide bonds. The van der Waals surface area contributed by atoms with Crippen LogP contribution >= 0.6 is 15.9 Å². The van der Waals surface area contributed by atoms with E-state index in [1.165, 1.54) is 24.3 Å². The van der Waals surface area contributed by atoms with Crippen LogP contribution in [-0.2, 0) is 0 Å². The summed E-state index contributed by atoms with van der Waals surface area (Å²) in [5.74, 6) is -0.243. The number of carbonyl (C=O) groups excluding carboxylic acids is 1. The van der Waals surface area contributed by atoms with Gasteiger partial charge in [0.1, 0.15) is 5.75 Å². The normalized spacial score (nSPS) is 11.1. The van der Waals surface area contributed by atoms with Gasteiger partial charge in [0.05, 0.1) is 5.56 Å². The predicted molar refractivity (Wildman–Crippen MR) is 80.1 cm³/mol. The first-order chi connectivity index (χ1) is 10.3. The third-order valence-corrected chi connectivity index (χ3v) is 3.32. The lowest BCUT2D eigenvalue weighted by Gasteiger charge is -2.10. The van der Waals surface area contributed by atoms with E-state index in [1.54, 1.807) is 24.3 Å². The van der Waals surface area contributed by atoms with Crippen molar-refractivity contribution in [1.82, 2.24) is 0 Å². The van der Waals surface area contributed by atoms with Gasteiger partial charge >= 0.3 is 6.18 Å². The minimum atomic E-state index is -4.38. The van der Waals surface area contributed by atoms with Gasteiger partial charge in [0.15, 0.2) is 6.61 Å². The first-order valence-electron chi connectivity index (χ1n) is 6.21. The van der Waals surface area contributed by atoms with Crippen LogP contribution in [0.2, 0.25) is 0 Å². The molecule has 0 saturated carbocycles. The van der Waals surface area contributed by atoms with Gasteiger partial charge in [-0.3, -0.25) is 4.79 Å². The van der Waals surface area contributed by atoms with Crippen molar-refractivity contribution in [3.05, 3.63) is 58.6 Å². The number of alkyl halides is 3. The molecule has 1 N–H and O–H groups in total. The van der Waals surface area contributed by atoms with E-state index in [0.29, 0.717) is 15.7 Å². The van der Waals surface area contributed by atoms with Crippen LogP contribution in [-0.4, -0.2) is 18.7 Å². The molecule has 2 aromatic rings. The zero-order chi connectivity index (χ0) is 16.2. The Morgan fingerprint density at radius 1 is 1.09 bits per heavy atom. The summed E-state index contributed by atoms with van der Waals surface area (Å²) in [4.78, 5) is 12.1. The minimum Gasteiger partial charge on any atom is -0.484 e. The third kappa shape index (κ3) is 4.77. The van der Waals surface area contributed by atoms with Crippen molar-refractivity contribution < 1.29 is 22.7 Å². The first-order valence-corrected chi connectivity index (χ1v) is 7.00. The highest BCUT2D eigenvalue weighted by Gasteiger charge is 2.28. The van der Waals surface area contributed by atoms with Crippen molar-refractivity contribution >= 4 is 27.5 Å². The second-order valence-electron chi connectivity index (χ2n) is 4.36. The number of benzene rings is 2. The topological polar surface area (TPSA) is 38.3 Å². The molecule has 0 spiro atoms. The zero-order valence-electron chi connectivity index (χ0n) is 11.2. The predicted octanol–water partition coefficient (Wildman–Crippen LogP) is 4.64. The highest BCUT2D eigenvalue weighted by molar-refractivity contribution is 9.10. The van der Waals surface area contributed by atoms with E-state index in [9.17, 15) is 18.0 Å². The Morgan fingerprint density at radius 2 is 1.73 bits per heavy atom. The van der Waals surface area contributed by atoms with Gasteiger partial charge in [-0.2, -0.15) is 13.2 Å². The molecule has 22 heavy (non-hydrogen) atoms. The molecule has 0 fully saturated rings. The number of ether oxygens (including phenoxy) is 1. The monoisotopic (exact) mass is 373 g/mol. The summed E-state index contributed by atoms with van der Waals surface area (Å²) in [6.07, 6.45) is -4.38. The molecular weight excluding hydrogens is 363 g/mol. The molecule has 116 valence electrons. The molecule has 0 aliphatic carbocycles. The Morgan fingerprint density at radius 3 is 2.32 bits per heavy atom. The van der Waals surface area contributed by atoms with Gasteiger partial charge in [-0.1, -0.05) is 12.1 Å². The smallest absolute Gasteiger partial charge is 0.422 e. The van der Waals surface area contributed by atoms with Gasteiger partial charge in [0, 0.05) is 10.2 Å². The number of rotatable bonds is 4. The first kappa shape index (κ1) is 16.4. The van der Waals surface area contributed by atoms with Gasteiger partial charge in [0.2, 0.25) is 0 Å². The molecule has 0 unspecified atom stereocenters. The van der Waals surface area contributed by atoms with Gasteiger partial charge in [-0.05, 0) is 52.3 Å². The minimum absolute atomic E-state index is 0.0798. The van der Waals surface area contributed by atoms with Crippen LogP contribution in [0.25, 0.3) is 0 Å². The van der Waals surface area contributed by atoms with Crippen molar-refractivity contribution in [3.8, 4) is 5.75 Å². The summed E-state index contributed by atoms with van der Waals surface area (Å²) in [7, 11) is 0. The van der Waals surface area contributed by atoms with E-state index in [4.69, 9.17) is 0 Å². The van der Waals surface area contributed by atoms with Crippen molar-refractivity contribution in [2.24, 2.45) is 0 Å². The number of amides is 1. The second-order valence-corrected chi connectivity index (χ2v) is 5.22. The maximum Gasteiger partial charge on any atom is 0.422 e. The molecule has 0 bridgehead atoms. The molecule has 0 atom stereocenters. The molecule has 2 rings (SSSR count). The maximum absolute atomic E-state index is 12.1. The van der Waals surface area contributed by atoms with Gasteiger partial charge in [0.25, 0.3) is 5.91 Å². The summed E-state index contributed by atoms with van der Waals surface area (Å²) >= 11 is 3.27. The van der Waals surface area contributed by atoms with Crippen molar-refractivity contribution in [2.45, 2.75) is 6.18 Å². The molecule has 3 nitrogen and oxygen atoms in total. The van der Waals surface area contributed by atoms with E-state index in [2.05, 4.69) is 26.0 Å². The lowest BCUT2D eigenvalue weighted by atomic mass is 10.2. The van der Waals surface area contributed by atoms with Gasteiger partial charge < -0.3 is 10.1 Å². The zero-order valence-corrected chi connectivity index (χ0v) is 12.7. The Labute approximate surface area is 133 Å². The van der Waals surface area contributed by atoms with Crippen LogP contribution in [0.3, 0.4) is 0 Å². The van der Waals surface area contributed by atoms with Crippen LogP contribution in [0.4, 0.5) is 18.9 Å². The Hall–Kier alpha value is -2.02. The quantitative estimate of drug-likeness (QED) is 0.847. The number of carbonyl (C=O) groups is 1. The fourth-order valence-electron chi connectivity index (χ4n) is 1.64. The molecule has 0 aromatic heterocycles. The molecule has 0 aliphatic rings. The molecule has 0 saturated heterocycles. The van der Waals surface area contributed by atoms with Crippen molar-refractivity contribution in [3.63, 3.8) is 0 Å². The highest BCUT2D eigenvalue weighted by atomic mass is 79.9. The van der Waals surface area contributed by atoms with Crippen molar-refractivity contribution in [1.29, 1.82) is 0 Å². The number of hydrogen-bond acceptors (Lipinski definition) is 2. The standard InChI is InChI=1S/C15H11BrF3NO2/c16-13-4-2-1-3-12(13)14(21)20-10-5-7-11(8-6-10)22-9-15(17,18)19/h1-8H,9H2,(H,20,21). The number of anilines is 1. The summed E-state index contributed by atoms with van der Waals surface area (Å²) in [6.45, 7) is -1.35. The summed E-state index contributed by atoms with van der Waals surface area (Å²) in [6, 6.07) is 12.6. The Kier molecular flexibility index (Phi) is 5.07. The molecule has 0 aliphatic heterocycles. The van der Waals surface area contributed by atoms with E-state index in [1.807, 2.05) is 0 Å². The second kappa shape index (κ2) is 6.83. The Bertz CT molecular complexity index is 657. The summed E-state index contributed by atoms with van der Waals surface area (Å²) in [5.41, 5.74) is 0.917. The van der Waals surface area contributed by atoms with Crippen LogP contribution in [0.5, 0.6) is 5.75 Å². The average molecular weight is 374 g/mol. The van der Waals surface area contributed by atoms with Crippen LogP contribution < -0.4 is 10.1 Å². The average Bonchev–Trinajstić information content (AvgIpc) is 2.46. The molecule has 7 heteroatoms. The Balaban J connectivity index is 1.99. The number of hydrogen-bond donors (Lipinski definition) is 1. The van der Waals surface area contributed by atoms with E-state index >= 15 is 0 Å². The van der Waals surface area contributed by atoms with E-state index < -0.39 is 12.8 Å². The fraction of sp³-hybridized carbons (Fsp3) is 0.133. The SMILES string of the molecule is O=C(Nc1ccc(OCC(F)(F)F)cc1)c1ccccc1Br. The summed E-state index contributed by atoms with van der Waals surface area (Å²) in [5, 5.41) is 2.65. The number of halogens is 4. The lowest BCUT2D eigenvalue weighted by Crippen LogP contribution is -2.19. The van der Waals surface area contributed by atoms with Gasteiger partial charge in [-0.15, -0.1) is 0 Å². The molecular formula is C15H11BrF3NO2. The third-order valence-electron chi connectivity index (χ3n) is 2.63. The molecule has 0 heterocycles. The van der Waals surface area contributed by atoms with E-state index in [0.717, 1.165) is 0 Å². The van der Waals surface area contributed by atoms with Crippen LogP contribution in [0, 0.1) is 0 Å². The van der Waals surface area contributed by atoms with Crippen molar-refractivity contribution in [2.75, 3.05) is 11.9 Å². The molecule has 0 radical (unpaired) electrons. The lowest BCUT2D eigenvalue weighted by molar-refractivity contribution is -0.153. The summed E-state index contributed by atoms with van der Waals surface area (Å²) < 4.78 is 41.3. The maximum atomic E-state index is 12.1. The largest absolute Gasteiger partial charge is 0.484 e.